The van der Waals surface area contributed by atoms with E-state index < -0.39 is 0 Å². The number of rotatable bonds is 5. The second kappa shape index (κ2) is 5.37. The van der Waals surface area contributed by atoms with E-state index in [9.17, 15) is 0 Å². The lowest BCUT2D eigenvalue weighted by molar-refractivity contribution is 0.310. The molecule has 2 atom stereocenters. The predicted octanol–water partition coefficient (Wildman–Crippen LogP) is 2.22. The van der Waals surface area contributed by atoms with Crippen LogP contribution < -0.4 is 5.32 Å². The molecule has 1 N–H and O–H groups in total. The molecule has 2 aliphatic rings. The summed E-state index contributed by atoms with van der Waals surface area (Å²) in [6.45, 7) is 5.94. The molecule has 0 bridgehead atoms. The molecule has 0 spiro atoms. The third-order valence-corrected chi connectivity index (χ3v) is 4.22. The van der Waals surface area contributed by atoms with Crippen LogP contribution in [0.25, 0.3) is 0 Å². The van der Waals surface area contributed by atoms with Gasteiger partial charge in [-0.2, -0.15) is 0 Å². The van der Waals surface area contributed by atoms with E-state index in [1.165, 1.54) is 32.4 Å². The summed E-state index contributed by atoms with van der Waals surface area (Å²) in [5, 5.41) is 3.63. The average Bonchev–Trinajstić information content (AvgIpc) is 3.16. The molecular weight excluding hydrogens is 222 g/mol. The highest BCUT2D eigenvalue weighted by Gasteiger charge is 2.34. The van der Waals surface area contributed by atoms with Crippen molar-refractivity contribution < 1.29 is 0 Å². The van der Waals surface area contributed by atoms with Crippen LogP contribution in [0.4, 0.5) is 0 Å². The Hall–Kier alpha value is -0.930. The molecule has 0 radical (unpaired) electrons. The van der Waals surface area contributed by atoms with Gasteiger partial charge in [-0.3, -0.25) is 4.98 Å². The van der Waals surface area contributed by atoms with Gasteiger partial charge in [-0.1, -0.05) is 6.07 Å². The lowest BCUT2D eigenvalue weighted by atomic mass is 10.1. The number of aromatic nitrogens is 1. The summed E-state index contributed by atoms with van der Waals surface area (Å²) in [5.41, 5.74) is 1.15. The van der Waals surface area contributed by atoms with Crippen LogP contribution in [0.15, 0.2) is 24.4 Å². The van der Waals surface area contributed by atoms with Crippen LogP contribution in [0.3, 0.4) is 0 Å². The minimum Gasteiger partial charge on any atom is -0.309 e. The standard InChI is InChI=1S/C15H23N3/c1-12(15-4-2-3-8-16-15)17-10-13-7-9-18(11-13)14-5-6-14/h2-4,8,12-14,17H,5-7,9-11H2,1H3. The Morgan fingerprint density at radius 2 is 2.28 bits per heavy atom. The van der Waals surface area contributed by atoms with Crippen molar-refractivity contribution in [3.05, 3.63) is 30.1 Å². The summed E-state index contributed by atoms with van der Waals surface area (Å²) in [6, 6.07) is 7.43. The first-order valence-electron chi connectivity index (χ1n) is 7.21. The van der Waals surface area contributed by atoms with E-state index in [4.69, 9.17) is 0 Å². The lowest BCUT2D eigenvalue weighted by Gasteiger charge is -2.18. The average molecular weight is 245 g/mol. The topological polar surface area (TPSA) is 28.2 Å². The summed E-state index contributed by atoms with van der Waals surface area (Å²) in [6.07, 6.45) is 6.10. The smallest absolute Gasteiger partial charge is 0.0570 e. The number of hydrogen-bond acceptors (Lipinski definition) is 3. The highest BCUT2D eigenvalue weighted by atomic mass is 15.2. The first kappa shape index (κ1) is 12.1. The van der Waals surface area contributed by atoms with E-state index in [1.807, 2.05) is 12.3 Å². The zero-order chi connectivity index (χ0) is 12.4. The fraction of sp³-hybridized carbons (Fsp3) is 0.667. The quantitative estimate of drug-likeness (QED) is 0.862. The number of likely N-dealkylation sites (tertiary alicyclic amines) is 1. The van der Waals surface area contributed by atoms with Crippen molar-refractivity contribution in [2.24, 2.45) is 5.92 Å². The molecule has 18 heavy (non-hydrogen) atoms. The van der Waals surface area contributed by atoms with Crippen molar-refractivity contribution in [3.63, 3.8) is 0 Å². The van der Waals surface area contributed by atoms with E-state index in [0.717, 1.165) is 24.2 Å². The summed E-state index contributed by atoms with van der Waals surface area (Å²) >= 11 is 0. The number of pyridine rings is 1. The summed E-state index contributed by atoms with van der Waals surface area (Å²) in [5.74, 6) is 0.830. The second-order valence-corrected chi connectivity index (χ2v) is 5.77. The molecule has 1 aromatic rings. The van der Waals surface area contributed by atoms with Gasteiger partial charge in [0.05, 0.1) is 5.69 Å². The predicted molar refractivity (Wildman–Crippen MR) is 73.4 cm³/mol. The zero-order valence-corrected chi connectivity index (χ0v) is 11.2. The molecule has 2 fully saturated rings. The molecule has 1 aliphatic heterocycles. The van der Waals surface area contributed by atoms with E-state index in [0.29, 0.717) is 6.04 Å². The van der Waals surface area contributed by atoms with Crippen molar-refractivity contribution in [3.8, 4) is 0 Å². The normalized spacial score (nSPS) is 26.4. The van der Waals surface area contributed by atoms with Crippen molar-refractivity contribution in [2.75, 3.05) is 19.6 Å². The molecule has 0 amide bonds. The van der Waals surface area contributed by atoms with Crippen molar-refractivity contribution in [1.29, 1.82) is 0 Å². The maximum absolute atomic E-state index is 4.40. The molecule has 98 valence electrons. The maximum Gasteiger partial charge on any atom is 0.0570 e. The number of hydrogen-bond donors (Lipinski definition) is 1. The number of nitrogens with zero attached hydrogens (tertiary/aromatic N) is 2. The highest BCUT2D eigenvalue weighted by molar-refractivity contribution is 5.07. The van der Waals surface area contributed by atoms with Crippen LogP contribution in [0.1, 0.15) is 37.9 Å². The Kier molecular flexibility index (Phi) is 3.62. The summed E-state index contributed by atoms with van der Waals surface area (Å²) in [4.78, 5) is 7.08. The Balaban J connectivity index is 1.44. The van der Waals surface area contributed by atoms with Crippen LogP contribution in [0.5, 0.6) is 0 Å². The number of nitrogens with one attached hydrogen (secondary N) is 1. The van der Waals surface area contributed by atoms with Gasteiger partial charge < -0.3 is 10.2 Å². The molecule has 0 aromatic carbocycles. The highest BCUT2D eigenvalue weighted by Crippen LogP contribution is 2.31. The molecule has 1 aromatic heterocycles. The van der Waals surface area contributed by atoms with Gasteiger partial charge in [0.25, 0.3) is 0 Å². The van der Waals surface area contributed by atoms with Crippen LogP contribution >= 0.6 is 0 Å². The minimum atomic E-state index is 0.362. The van der Waals surface area contributed by atoms with Gasteiger partial charge in [-0.25, -0.2) is 0 Å². The molecule has 3 rings (SSSR count). The zero-order valence-electron chi connectivity index (χ0n) is 11.2. The first-order valence-corrected chi connectivity index (χ1v) is 7.21. The Bertz CT molecular complexity index is 375. The SMILES string of the molecule is CC(NCC1CCN(C2CC2)C1)c1ccccn1. The molecule has 1 saturated heterocycles. The fourth-order valence-corrected chi connectivity index (χ4v) is 2.88. The minimum absolute atomic E-state index is 0.362. The van der Waals surface area contributed by atoms with Gasteiger partial charge in [0.1, 0.15) is 0 Å². The monoisotopic (exact) mass is 245 g/mol. The molecule has 3 nitrogen and oxygen atoms in total. The lowest BCUT2D eigenvalue weighted by Crippen LogP contribution is -2.29. The van der Waals surface area contributed by atoms with Gasteiger partial charge >= 0.3 is 0 Å². The van der Waals surface area contributed by atoms with Crippen LogP contribution in [-0.2, 0) is 0 Å². The van der Waals surface area contributed by atoms with E-state index in [1.54, 1.807) is 0 Å². The Morgan fingerprint density at radius 1 is 1.39 bits per heavy atom. The van der Waals surface area contributed by atoms with Gasteiger partial charge in [0.15, 0.2) is 0 Å². The van der Waals surface area contributed by atoms with Gasteiger partial charge in [0.2, 0.25) is 0 Å². The second-order valence-electron chi connectivity index (χ2n) is 5.77. The van der Waals surface area contributed by atoms with Crippen LogP contribution in [0.2, 0.25) is 0 Å². The van der Waals surface area contributed by atoms with E-state index in [-0.39, 0.29) is 0 Å². The summed E-state index contributed by atoms with van der Waals surface area (Å²) in [7, 11) is 0. The van der Waals surface area contributed by atoms with Crippen molar-refractivity contribution in [2.45, 2.75) is 38.3 Å². The summed E-state index contributed by atoms with van der Waals surface area (Å²) < 4.78 is 0. The molecule has 2 heterocycles. The Morgan fingerprint density at radius 3 is 3.00 bits per heavy atom. The van der Waals surface area contributed by atoms with Gasteiger partial charge in [-0.15, -0.1) is 0 Å². The largest absolute Gasteiger partial charge is 0.309 e. The van der Waals surface area contributed by atoms with Crippen LogP contribution in [-0.4, -0.2) is 35.6 Å². The van der Waals surface area contributed by atoms with Gasteiger partial charge in [0, 0.05) is 24.8 Å². The van der Waals surface area contributed by atoms with Gasteiger partial charge in [-0.05, 0) is 57.3 Å². The van der Waals surface area contributed by atoms with Crippen molar-refractivity contribution in [1.82, 2.24) is 15.2 Å². The van der Waals surface area contributed by atoms with Crippen molar-refractivity contribution >= 4 is 0 Å². The maximum atomic E-state index is 4.40. The molecular formula is C15H23N3. The third-order valence-electron chi connectivity index (χ3n) is 4.22. The molecule has 3 heteroatoms. The molecule has 1 aliphatic carbocycles. The first-order chi connectivity index (χ1) is 8.83. The molecule has 1 saturated carbocycles. The fourth-order valence-electron chi connectivity index (χ4n) is 2.88. The molecule has 2 unspecified atom stereocenters. The van der Waals surface area contributed by atoms with E-state index >= 15 is 0 Å². The Labute approximate surface area is 110 Å². The third kappa shape index (κ3) is 2.90. The van der Waals surface area contributed by atoms with Crippen LogP contribution in [0, 0.1) is 5.92 Å². The van der Waals surface area contributed by atoms with E-state index in [2.05, 4.69) is 34.3 Å².